The highest BCUT2D eigenvalue weighted by Crippen LogP contribution is 2.21. The molecule has 0 bridgehead atoms. The number of likely N-dealkylation sites (N-methyl/N-ethyl adjacent to an activating group) is 1. The molecule has 3 nitrogen and oxygen atoms in total. The average Bonchev–Trinajstić information content (AvgIpc) is 2.47. The number of aliphatic hydroxyl groups excluding tert-OH is 1. The van der Waals surface area contributed by atoms with E-state index in [2.05, 4.69) is 48.3 Å². The number of hydrogen-bond acceptors (Lipinski definition) is 3. The first-order valence-electron chi connectivity index (χ1n) is 7.31. The van der Waals surface area contributed by atoms with Crippen LogP contribution in [0.15, 0.2) is 24.3 Å². The van der Waals surface area contributed by atoms with E-state index in [0.717, 1.165) is 25.1 Å². The van der Waals surface area contributed by atoms with E-state index in [4.69, 9.17) is 0 Å². The van der Waals surface area contributed by atoms with Crippen molar-refractivity contribution in [1.29, 1.82) is 0 Å². The lowest BCUT2D eigenvalue weighted by atomic mass is 10.0. The predicted octanol–water partition coefficient (Wildman–Crippen LogP) is 2.95. The van der Waals surface area contributed by atoms with Crippen molar-refractivity contribution in [3.05, 3.63) is 29.8 Å². The Morgan fingerprint density at radius 3 is 2.32 bits per heavy atom. The molecule has 1 aromatic carbocycles. The Hall–Kier alpha value is -1.06. The van der Waals surface area contributed by atoms with Crippen LogP contribution in [0.2, 0.25) is 0 Å². The van der Waals surface area contributed by atoms with E-state index in [0.29, 0.717) is 6.04 Å². The minimum absolute atomic E-state index is 0.144. The Labute approximate surface area is 117 Å². The van der Waals surface area contributed by atoms with Gasteiger partial charge in [0.05, 0.1) is 6.61 Å². The SMILES string of the molecule is CCCNC(CC)c1ccc(N(C)C(C)CO)cc1. The number of rotatable bonds is 8. The molecular formula is C16H28N2O. The lowest BCUT2D eigenvalue weighted by molar-refractivity contribution is 0.270. The van der Waals surface area contributed by atoms with Crippen LogP contribution in [0.5, 0.6) is 0 Å². The number of anilines is 1. The van der Waals surface area contributed by atoms with Gasteiger partial charge in [-0.15, -0.1) is 0 Å². The van der Waals surface area contributed by atoms with Gasteiger partial charge in [-0.25, -0.2) is 0 Å². The highest BCUT2D eigenvalue weighted by atomic mass is 16.3. The zero-order valence-corrected chi connectivity index (χ0v) is 12.7. The first-order chi connectivity index (χ1) is 9.13. The summed E-state index contributed by atoms with van der Waals surface area (Å²) in [5.74, 6) is 0. The standard InChI is InChI=1S/C16H28N2O/c1-5-11-17-16(6-2)14-7-9-15(10-8-14)18(4)13(3)12-19/h7-10,13,16-17,19H,5-6,11-12H2,1-4H3. The number of benzene rings is 1. The Bertz CT molecular complexity index is 350. The topological polar surface area (TPSA) is 35.5 Å². The number of hydrogen-bond donors (Lipinski definition) is 2. The second kappa shape index (κ2) is 8.18. The van der Waals surface area contributed by atoms with Gasteiger partial charge < -0.3 is 15.3 Å². The Kier molecular flexibility index (Phi) is 6.89. The van der Waals surface area contributed by atoms with Crippen molar-refractivity contribution in [3.63, 3.8) is 0 Å². The van der Waals surface area contributed by atoms with Gasteiger partial charge in [0.25, 0.3) is 0 Å². The molecule has 1 aromatic rings. The molecule has 0 aliphatic rings. The second-order valence-electron chi connectivity index (χ2n) is 5.15. The summed E-state index contributed by atoms with van der Waals surface area (Å²) in [5, 5.41) is 12.8. The van der Waals surface area contributed by atoms with Crippen LogP contribution in [-0.4, -0.2) is 31.3 Å². The third-order valence-electron chi connectivity index (χ3n) is 3.68. The summed E-state index contributed by atoms with van der Waals surface area (Å²) < 4.78 is 0. The molecule has 0 spiro atoms. The molecule has 0 aliphatic heterocycles. The minimum Gasteiger partial charge on any atom is -0.394 e. The van der Waals surface area contributed by atoms with Crippen molar-refractivity contribution in [2.75, 3.05) is 25.1 Å². The number of aliphatic hydroxyl groups is 1. The lowest BCUT2D eigenvalue weighted by Crippen LogP contribution is -2.31. The molecule has 0 saturated heterocycles. The van der Waals surface area contributed by atoms with Gasteiger partial charge in [0.15, 0.2) is 0 Å². The zero-order valence-electron chi connectivity index (χ0n) is 12.7. The fourth-order valence-electron chi connectivity index (χ4n) is 2.14. The molecule has 2 unspecified atom stereocenters. The van der Waals surface area contributed by atoms with E-state index < -0.39 is 0 Å². The maximum atomic E-state index is 9.19. The Morgan fingerprint density at radius 2 is 1.84 bits per heavy atom. The highest BCUT2D eigenvalue weighted by Gasteiger charge is 2.11. The van der Waals surface area contributed by atoms with Gasteiger partial charge in [-0.1, -0.05) is 26.0 Å². The molecule has 0 aromatic heterocycles. The van der Waals surface area contributed by atoms with E-state index >= 15 is 0 Å². The van der Waals surface area contributed by atoms with Gasteiger partial charge in [0.2, 0.25) is 0 Å². The minimum atomic E-state index is 0.144. The summed E-state index contributed by atoms with van der Waals surface area (Å²) in [7, 11) is 2.02. The summed E-state index contributed by atoms with van der Waals surface area (Å²) in [6.07, 6.45) is 2.26. The van der Waals surface area contributed by atoms with E-state index in [1.807, 2.05) is 14.0 Å². The van der Waals surface area contributed by atoms with Gasteiger partial charge in [0, 0.05) is 24.8 Å². The molecule has 0 amide bonds. The number of nitrogens with one attached hydrogen (secondary N) is 1. The summed E-state index contributed by atoms with van der Waals surface area (Å²) in [4.78, 5) is 2.10. The molecule has 1 rings (SSSR count). The molecule has 2 atom stereocenters. The summed E-state index contributed by atoms with van der Waals surface area (Å²) in [6.45, 7) is 7.65. The van der Waals surface area contributed by atoms with Crippen LogP contribution < -0.4 is 10.2 Å². The van der Waals surface area contributed by atoms with Gasteiger partial charge >= 0.3 is 0 Å². The monoisotopic (exact) mass is 264 g/mol. The molecule has 0 heterocycles. The van der Waals surface area contributed by atoms with Crippen molar-refractivity contribution >= 4 is 5.69 Å². The van der Waals surface area contributed by atoms with Crippen molar-refractivity contribution < 1.29 is 5.11 Å². The fourth-order valence-corrected chi connectivity index (χ4v) is 2.14. The average molecular weight is 264 g/mol. The molecule has 108 valence electrons. The largest absolute Gasteiger partial charge is 0.394 e. The van der Waals surface area contributed by atoms with Crippen LogP contribution in [-0.2, 0) is 0 Å². The fraction of sp³-hybridized carbons (Fsp3) is 0.625. The normalized spacial score (nSPS) is 14.2. The van der Waals surface area contributed by atoms with E-state index in [9.17, 15) is 5.11 Å². The first kappa shape index (κ1) is 16.0. The molecule has 0 fully saturated rings. The second-order valence-corrected chi connectivity index (χ2v) is 5.15. The van der Waals surface area contributed by atoms with E-state index in [1.54, 1.807) is 0 Å². The summed E-state index contributed by atoms with van der Waals surface area (Å²) in [6, 6.07) is 9.23. The third-order valence-corrected chi connectivity index (χ3v) is 3.68. The van der Waals surface area contributed by atoms with Crippen LogP contribution in [0.3, 0.4) is 0 Å². The van der Waals surface area contributed by atoms with Crippen LogP contribution in [0.25, 0.3) is 0 Å². The third kappa shape index (κ3) is 4.51. The van der Waals surface area contributed by atoms with Crippen LogP contribution in [0, 0.1) is 0 Å². The van der Waals surface area contributed by atoms with Crippen LogP contribution in [0.4, 0.5) is 5.69 Å². The predicted molar refractivity (Wildman–Crippen MR) is 82.7 cm³/mol. The van der Waals surface area contributed by atoms with Crippen LogP contribution in [0.1, 0.15) is 45.2 Å². The molecule has 0 saturated carbocycles. The molecule has 2 N–H and O–H groups in total. The van der Waals surface area contributed by atoms with Gasteiger partial charge in [-0.3, -0.25) is 0 Å². The summed E-state index contributed by atoms with van der Waals surface area (Å²) in [5.41, 5.74) is 2.49. The maximum Gasteiger partial charge on any atom is 0.0632 e. The number of nitrogens with zero attached hydrogens (tertiary/aromatic N) is 1. The molecule has 3 heteroatoms. The van der Waals surface area contributed by atoms with Crippen molar-refractivity contribution in [2.24, 2.45) is 0 Å². The van der Waals surface area contributed by atoms with Gasteiger partial charge in [-0.05, 0) is 44.0 Å². The quantitative estimate of drug-likeness (QED) is 0.758. The van der Waals surface area contributed by atoms with Crippen molar-refractivity contribution in [2.45, 2.75) is 45.7 Å². The molecular weight excluding hydrogens is 236 g/mol. The van der Waals surface area contributed by atoms with E-state index in [-0.39, 0.29) is 12.6 Å². The molecule has 19 heavy (non-hydrogen) atoms. The molecule has 0 aliphatic carbocycles. The maximum absolute atomic E-state index is 9.19. The lowest BCUT2D eigenvalue weighted by Gasteiger charge is -2.26. The Balaban J connectivity index is 2.74. The summed E-state index contributed by atoms with van der Waals surface area (Å²) >= 11 is 0. The van der Waals surface area contributed by atoms with Gasteiger partial charge in [-0.2, -0.15) is 0 Å². The van der Waals surface area contributed by atoms with Gasteiger partial charge in [0.1, 0.15) is 0 Å². The molecule has 0 radical (unpaired) electrons. The van der Waals surface area contributed by atoms with E-state index in [1.165, 1.54) is 5.56 Å². The van der Waals surface area contributed by atoms with Crippen LogP contribution >= 0.6 is 0 Å². The van der Waals surface area contributed by atoms with Crippen molar-refractivity contribution in [3.8, 4) is 0 Å². The smallest absolute Gasteiger partial charge is 0.0632 e. The highest BCUT2D eigenvalue weighted by molar-refractivity contribution is 5.48. The van der Waals surface area contributed by atoms with Crippen molar-refractivity contribution in [1.82, 2.24) is 5.32 Å². The Morgan fingerprint density at radius 1 is 1.21 bits per heavy atom. The zero-order chi connectivity index (χ0) is 14.3. The first-order valence-corrected chi connectivity index (χ1v) is 7.31.